The summed E-state index contributed by atoms with van der Waals surface area (Å²) < 4.78 is 18.6. The molecule has 2 aromatic rings. The molecule has 0 heterocycles. The van der Waals surface area contributed by atoms with E-state index in [1.54, 1.807) is 0 Å². The van der Waals surface area contributed by atoms with Crippen molar-refractivity contribution in [2.24, 2.45) is 5.41 Å². The van der Waals surface area contributed by atoms with Crippen LogP contribution in [0.4, 0.5) is 0 Å². The summed E-state index contributed by atoms with van der Waals surface area (Å²) in [5, 5.41) is 0.971. The first-order valence-electron chi connectivity index (χ1n) is 9.09. The number of rotatable bonds is 9. The second-order valence-electron chi connectivity index (χ2n) is 7.17. The molecule has 3 nitrogen and oxygen atoms in total. The van der Waals surface area contributed by atoms with Crippen LogP contribution < -0.4 is 14.2 Å². The van der Waals surface area contributed by atoms with Crippen molar-refractivity contribution < 1.29 is 14.2 Å². The van der Waals surface area contributed by atoms with Gasteiger partial charge in [0.2, 0.25) is 0 Å². The number of benzene rings is 2. The molecule has 0 bridgehead atoms. The molecule has 0 atom stereocenters. The largest absolute Gasteiger partial charge is 0.494 e. The zero-order chi connectivity index (χ0) is 19.7. The van der Waals surface area contributed by atoms with Gasteiger partial charge in [-0.3, -0.25) is 0 Å². The van der Waals surface area contributed by atoms with Crippen LogP contribution in [-0.2, 0) is 0 Å². The Kier molecular flexibility index (Phi) is 8.45. The van der Waals surface area contributed by atoms with E-state index in [4.69, 9.17) is 14.2 Å². The van der Waals surface area contributed by atoms with Crippen molar-refractivity contribution in [3.8, 4) is 17.2 Å². The molecule has 0 aliphatic carbocycles. The van der Waals surface area contributed by atoms with Crippen molar-refractivity contribution in [2.75, 3.05) is 13.2 Å². The van der Waals surface area contributed by atoms with Gasteiger partial charge >= 0.3 is 0 Å². The lowest BCUT2D eigenvalue weighted by atomic mass is 9.98. The number of para-hydroxylation sites is 1. The third-order valence-corrected chi connectivity index (χ3v) is 5.60. The summed E-state index contributed by atoms with van der Waals surface area (Å²) in [6.07, 6.45) is 5.88. The van der Waals surface area contributed by atoms with Crippen molar-refractivity contribution in [3.05, 3.63) is 53.0 Å². The van der Waals surface area contributed by atoms with Crippen LogP contribution in [0.1, 0.15) is 33.6 Å². The quantitative estimate of drug-likeness (QED) is 0.382. The van der Waals surface area contributed by atoms with Crippen LogP contribution in [0.2, 0.25) is 0 Å². The summed E-state index contributed by atoms with van der Waals surface area (Å²) in [6, 6.07) is 15.7. The molecule has 0 amide bonds. The van der Waals surface area contributed by atoms with E-state index >= 15 is 0 Å². The van der Waals surface area contributed by atoms with Gasteiger partial charge in [0.25, 0.3) is 0 Å². The average Bonchev–Trinajstić information content (AvgIpc) is 2.64. The third-order valence-electron chi connectivity index (χ3n) is 3.78. The van der Waals surface area contributed by atoms with Gasteiger partial charge in [0.05, 0.1) is 17.7 Å². The first-order chi connectivity index (χ1) is 12.9. The van der Waals surface area contributed by atoms with E-state index in [0.29, 0.717) is 22.0 Å². The van der Waals surface area contributed by atoms with Gasteiger partial charge in [-0.2, -0.15) is 0 Å². The lowest BCUT2D eigenvalue weighted by molar-refractivity contribution is 0.266. The molecule has 27 heavy (non-hydrogen) atoms. The molecule has 0 aromatic heterocycles. The monoisotopic (exact) mass is 446 g/mol. The first-order valence-corrected chi connectivity index (χ1v) is 11.1. The van der Waals surface area contributed by atoms with Gasteiger partial charge in [-0.05, 0) is 53.0 Å². The molecular formula is C22H27BrO3Si. The number of ether oxygens (including phenoxy) is 3. The first kappa shape index (κ1) is 21.6. The molecule has 2 aromatic carbocycles. The van der Waals surface area contributed by atoms with Crippen LogP contribution in [-0.4, -0.2) is 33.5 Å². The van der Waals surface area contributed by atoms with Crippen molar-refractivity contribution in [2.45, 2.75) is 33.6 Å². The highest BCUT2D eigenvalue weighted by Gasteiger charge is 2.19. The van der Waals surface area contributed by atoms with Crippen molar-refractivity contribution >= 4 is 36.2 Å². The van der Waals surface area contributed by atoms with Crippen LogP contribution in [0.25, 0.3) is 0 Å². The fourth-order valence-corrected chi connectivity index (χ4v) is 3.36. The molecule has 0 unspecified atom stereocenters. The summed E-state index contributed by atoms with van der Waals surface area (Å²) in [5.41, 5.74) is -0.0464. The van der Waals surface area contributed by atoms with E-state index in [1.165, 1.54) is 0 Å². The SMILES string of the molecule is C=[Si]=C(Oc1cc(OCCCCOc2ccccc2)ccc1Br)C(C)(C)C. The minimum atomic E-state index is -0.0464. The lowest BCUT2D eigenvalue weighted by Gasteiger charge is -2.22. The van der Waals surface area contributed by atoms with Crippen LogP contribution in [0.15, 0.2) is 53.0 Å². The molecule has 0 spiro atoms. The predicted octanol–water partition coefficient (Wildman–Crippen LogP) is 5.38. The van der Waals surface area contributed by atoms with Gasteiger partial charge in [-0.25, -0.2) is 0 Å². The van der Waals surface area contributed by atoms with Gasteiger partial charge in [-0.1, -0.05) is 45.1 Å². The Morgan fingerprint density at radius 3 is 2.19 bits per heavy atom. The molecule has 5 heteroatoms. The summed E-state index contributed by atoms with van der Waals surface area (Å²) in [5.74, 6) is 2.48. The minimum absolute atomic E-state index is 0.0464. The Morgan fingerprint density at radius 1 is 0.963 bits per heavy atom. The molecule has 0 N–H and O–H groups in total. The zero-order valence-corrected chi connectivity index (χ0v) is 18.8. The number of hydrogen-bond acceptors (Lipinski definition) is 3. The Bertz CT molecular complexity index is 778. The number of unbranched alkanes of at least 4 members (excludes halogenated alkanes) is 1. The van der Waals surface area contributed by atoms with Gasteiger partial charge in [0.15, 0.2) is 0 Å². The van der Waals surface area contributed by atoms with Crippen LogP contribution in [0.5, 0.6) is 17.2 Å². The average molecular weight is 447 g/mol. The van der Waals surface area contributed by atoms with E-state index in [0.717, 1.165) is 39.9 Å². The standard InChI is InChI=1S/C22H27BrO3Si/c1-22(2,3)21(27-4)26-20-16-18(12-13-19(20)23)25-15-9-8-14-24-17-10-6-5-7-11-17/h5-7,10-13,16H,4,8-9,14-15H2,1-3H3. The maximum atomic E-state index is 6.11. The molecule has 0 saturated carbocycles. The lowest BCUT2D eigenvalue weighted by Crippen LogP contribution is -2.27. The van der Waals surface area contributed by atoms with Crippen LogP contribution >= 0.6 is 15.9 Å². The van der Waals surface area contributed by atoms with Crippen molar-refractivity contribution in [3.63, 3.8) is 0 Å². The van der Waals surface area contributed by atoms with Gasteiger partial charge in [0.1, 0.15) is 22.6 Å². The van der Waals surface area contributed by atoms with Crippen molar-refractivity contribution in [1.29, 1.82) is 0 Å². The highest BCUT2D eigenvalue weighted by Crippen LogP contribution is 2.31. The van der Waals surface area contributed by atoms with E-state index < -0.39 is 0 Å². The van der Waals surface area contributed by atoms with E-state index in [9.17, 15) is 0 Å². The summed E-state index contributed by atoms with van der Waals surface area (Å²) >= 11 is 3.55. The maximum absolute atomic E-state index is 6.11. The smallest absolute Gasteiger partial charge is 0.144 e. The normalized spacial score (nSPS) is 10.8. The number of hydrogen-bond donors (Lipinski definition) is 0. The van der Waals surface area contributed by atoms with Gasteiger partial charge in [-0.15, -0.1) is 0 Å². The Balaban J connectivity index is 1.81. The van der Waals surface area contributed by atoms with E-state index in [2.05, 4.69) is 42.9 Å². The second kappa shape index (κ2) is 10.6. The molecule has 0 fully saturated rings. The Hall–Kier alpha value is -1.72. The summed E-state index contributed by atoms with van der Waals surface area (Å²) in [4.78, 5) is 0. The predicted molar refractivity (Wildman–Crippen MR) is 119 cm³/mol. The molecule has 0 aliphatic heterocycles. The fourth-order valence-electron chi connectivity index (χ4n) is 2.32. The molecule has 0 saturated heterocycles. The van der Waals surface area contributed by atoms with Gasteiger partial charge in [0, 0.05) is 20.2 Å². The third kappa shape index (κ3) is 7.43. The minimum Gasteiger partial charge on any atom is -0.494 e. The van der Waals surface area contributed by atoms with Crippen molar-refractivity contribution in [1.82, 2.24) is 0 Å². The Morgan fingerprint density at radius 2 is 1.59 bits per heavy atom. The van der Waals surface area contributed by atoms with E-state index in [-0.39, 0.29) is 5.41 Å². The van der Waals surface area contributed by atoms with Crippen LogP contribution in [0.3, 0.4) is 0 Å². The molecule has 0 aliphatic rings. The fraction of sp³-hybridized carbons (Fsp3) is 0.364. The highest BCUT2D eigenvalue weighted by molar-refractivity contribution is 9.10. The van der Waals surface area contributed by atoms with Crippen LogP contribution in [0, 0.1) is 5.41 Å². The Labute approximate surface area is 172 Å². The highest BCUT2D eigenvalue weighted by atomic mass is 79.9. The summed E-state index contributed by atoms with van der Waals surface area (Å²) in [7, 11) is 0.376. The zero-order valence-electron chi connectivity index (χ0n) is 16.3. The van der Waals surface area contributed by atoms with E-state index in [1.807, 2.05) is 48.5 Å². The topological polar surface area (TPSA) is 27.7 Å². The second-order valence-corrected chi connectivity index (χ2v) is 8.83. The molecule has 2 rings (SSSR count). The van der Waals surface area contributed by atoms with Gasteiger partial charge < -0.3 is 14.2 Å². The molecule has 0 radical (unpaired) electrons. The summed E-state index contributed by atoms with van der Waals surface area (Å²) in [6.45, 7) is 7.73. The number of halogens is 1. The molecule has 144 valence electrons. The maximum Gasteiger partial charge on any atom is 0.144 e. The molecular weight excluding hydrogens is 420 g/mol.